The third-order valence-corrected chi connectivity index (χ3v) is 2.93. The van der Waals surface area contributed by atoms with Crippen molar-refractivity contribution < 1.29 is 8.78 Å². The molecule has 1 saturated heterocycles. The van der Waals surface area contributed by atoms with Gasteiger partial charge >= 0.3 is 0 Å². The Morgan fingerprint density at radius 1 is 1.33 bits per heavy atom. The summed E-state index contributed by atoms with van der Waals surface area (Å²) in [5, 5.41) is 3.16. The summed E-state index contributed by atoms with van der Waals surface area (Å²) >= 11 is 0. The number of halogens is 2. The first kappa shape index (κ1) is 12.8. The van der Waals surface area contributed by atoms with E-state index in [1.807, 2.05) is 11.9 Å². The highest BCUT2D eigenvalue weighted by Crippen LogP contribution is 2.20. The molecule has 1 atom stereocenters. The zero-order valence-electron chi connectivity index (χ0n) is 9.73. The van der Waals surface area contributed by atoms with E-state index >= 15 is 0 Å². The summed E-state index contributed by atoms with van der Waals surface area (Å²) < 4.78 is 25.7. The predicted octanol–water partition coefficient (Wildman–Crippen LogP) is 1.96. The monoisotopic (exact) mass is 220 g/mol. The third-order valence-electron chi connectivity index (χ3n) is 2.93. The fourth-order valence-electron chi connectivity index (χ4n) is 2.27. The summed E-state index contributed by atoms with van der Waals surface area (Å²) in [5.41, 5.74) is 0. The van der Waals surface area contributed by atoms with Gasteiger partial charge < -0.3 is 5.32 Å². The molecule has 1 aliphatic heterocycles. The summed E-state index contributed by atoms with van der Waals surface area (Å²) in [4.78, 5) is 1.90. The minimum Gasteiger partial charge on any atom is -0.319 e. The predicted molar refractivity (Wildman–Crippen MR) is 58.3 cm³/mol. The fraction of sp³-hybridized carbons (Fsp3) is 1.00. The Balaban J connectivity index is 2.32. The zero-order chi connectivity index (χ0) is 11.3. The normalized spacial score (nSPS) is 25.2. The van der Waals surface area contributed by atoms with Gasteiger partial charge in [0.1, 0.15) is 0 Å². The molecule has 1 rings (SSSR count). The van der Waals surface area contributed by atoms with Gasteiger partial charge in [-0.25, -0.2) is 8.78 Å². The van der Waals surface area contributed by atoms with Gasteiger partial charge in [0.05, 0.1) is 6.54 Å². The van der Waals surface area contributed by atoms with Crippen molar-refractivity contribution in [1.82, 2.24) is 10.2 Å². The Kier molecular flexibility index (Phi) is 4.93. The molecule has 1 heterocycles. The number of hydrogen-bond donors (Lipinski definition) is 1. The molecule has 1 N–H and O–H groups in total. The Labute approximate surface area is 91.0 Å². The van der Waals surface area contributed by atoms with E-state index in [4.69, 9.17) is 0 Å². The van der Waals surface area contributed by atoms with Crippen LogP contribution in [0.1, 0.15) is 26.2 Å². The maximum atomic E-state index is 12.8. The maximum absolute atomic E-state index is 12.8. The number of likely N-dealkylation sites (tertiary alicyclic amines) is 1. The standard InChI is InChI=1S/C11H22F2N2/c1-11(12,13)9-15-6-3-4-10(5-7-15)8-14-2/h10,14H,3-9H2,1-2H3. The number of nitrogens with zero attached hydrogens (tertiary/aromatic N) is 1. The zero-order valence-corrected chi connectivity index (χ0v) is 9.73. The summed E-state index contributed by atoms with van der Waals surface area (Å²) in [5.74, 6) is -1.89. The first-order valence-electron chi connectivity index (χ1n) is 5.76. The van der Waals surface area contributed by atoms with Crippen molar-refractivity contribution in [2.24, 2.45) is 5.92 Å². The molecule has 4 heteroatoms. The van der Waals surface area contributed by atoms with Crippen molar-refractivity contribution >= 4 is 0 Å². The van der Waals surface area contributed by atoms with Crippen molar-refractivity contribution in [2.45, 2.75) is 32.1 Å². The van der Waals surface area contributed by atoms with Gasteiger partial charge in [0.2, 0.25) is 0 Å². The minimum absolute atomic E-state index is 0.0841. The molecule has 0 aromatic carbocycles. The van der Waals surface area contributed by atoms with Crippen molar-refractivity contribution in [1.29, 1.82) is 0 Å². The average molecular weight is 220 g/mol. The molecule has 0 amide bonds. The third kappa shape index (κ3) is 5.42. The van der Waals surface area contributed by atoms with Crippen LogP contribution in [0.2, 0.25) is 0 Å². The summed E-state index contributed by atoms with van der Waals surface area (Å²) in [6.45, 7) is 3.57. The van der Waals surface area contributed by atoms with E-state index in [-0.39, 0.29) is 6.54 Å². The van der Waals surface area contributed by atoms with Gasteiger partial charge in [0.25, 0.3) is 5.92 Å². The van der Waals surface area contributed by atoms with Crippen LogP contribution in [0.15, 0.2) is 0 Å². The molecule has 2 nitrogen and oxygen atoms in total. The van der Waals surface area contributed by atoms with Crippen LogP contribution in [-0.4, -0.2) is 44.0 Å². The number of rotatable bonds is 4. The largest absolute Gasteiger partial charge is 0.319 e. The van der Waals surface area contributed by atoms with Crippen LogP contribution in [0.4, 0.5) is 8.78 Å². The Hall–Kier alpha value is -0.220. The van der Waals surface area contributed by atoms with Crippen molar-refractivity contribution in [3.05, 3.63) is 0 Å². The van der Waals surface area contributed by atoms with Crippen LogP contribution in [0, 0.1) is 5.92 Å². The fourth-order valence-corrected chi connectivity index (χ4v) is 2.27. The second-order valence-corrected chi connectivity index (χ2v) is 4.70. The quantitative estimate of drug-likeness (QED) is 0.779. The molecule has 0 aliphatic carbocycles. The molecule has 0 aromatic heterocycles. The van der Waals surface area contributed by atoms with Crippen LogP contribution >= 0.6 is 0 Å². The molecular weight excluding hydrogens is 198 g/mol. The van der Waals surface area contributed by atoms with E-state index < -0.39 is 5.92 Å². The summed E-state index contributed by atoms with van der Waals surface area (Å²) in [6, 6.07) is 0. The van der Waals surface area contributed by atoms with E-state index in [1.54, 1.807) is 0 Å². The molecule has 0 bridgehead atoms. The average Bonchev–Trinajstić information content (AvgIpc) is 2.29. The second-order valence-electron chi connectivity index (χ2n) is 4.70. The number of hydrogen-bond acceptors (Lipinski definition) is 2. The van der Waals surface area contributed by atoms with Gasteiger partial charge in [-0.15, -0.1) is 0 Å². The van der Waals surface area contributed by atoms with Gasteiger partial charge in [-0.3, -0.25) is 4.90 Å². The van der Waals surface area contributed by atoms with Gasteiger partial charge in [0, 0.05) is 6.92 Å². The molecule has 1 aliphatic rings. The van der Waals surface area contributed by atoms with Gasteiger partial charge in [-0.2, -0.15) is 0 Å². The van der Waals surface area contributed by atoms with Crippen molar-refractivity contribution in [2.75, 3.05) is 33.2 Å². The van der Waals surface area contributed by atoms with E-state index in [0.29, 0.717) is 5.92 Å². The molecule has 0 spiro atoms. The maximum Gasteiger partial charge on any atom is 0.257 e. The smallest absolute Gasteiger partial charge is 0.257 e. The molecule has 0 aromatic rings. The lowest BCUT2D eigenvalue weighted by Crippen LogP contribution is -2.35. The van der Waals surface area contributed by atoms with Crippen LogP contribution in [-0.2, 0) is 0 Å². The molecule has 0 radical (unpaired) electrons. The topological polar surface area (TPSA) is 15.3 Å². The Morgan fingerprint density at radius 2 is 2.07 bits per heavy atom. The molecular formula is C11H22F2N2. The summed E-state index contributed by atoms with van der Waals surface area (Å²) in [6.07, 6.45) is 3.24. The van der Waals surface area contributed by atoms with Gasteiger partial charge in [-0.05, 0) is 51.9 Å². The highest BCUT2D eigenvalue weighted by molar-refractivity contribution is 4.74. The van der Waals surface area contributed by atoms with E-state index in [0.717, 1.165) is 45.8 Å². The van der Waals surface area contributed by atoms with E-state index in [1.165, 1.54) is 0 Å². The lowest BCUT2D eigenvalue weighted by molar-refractivity contribution is -0.0137. The molecule has 0 saturated carbocycles. The van der Waals surface area contributed by atoms with Crippen LogP contribution in [0.25, 0.3) is 0 Å². The minimum atomic E-state index is -2.55. The van der Waals surface area contributed by atoms with Gasteiger partial charge in [0.15, 0.2) is 0 Å². The Bertz CT molecular complexity index is 180. The SMILES string of the molecule is CNCC1CCCN(CC(C)(F)F)CC1. The molecule has 1 unspecified atom stereocenters. The van der Waals surface area contributed by atoms with Crippen molar-refractivity contribution in [3.63, 3.8) is 0 Å². The van der Waals surface area contributed by atoms with Crippen LogP contribution < -0.4 is 5.32 Å². The van der Waals surface area contributed by atoms with E-state index in [2.05, 4.69) is 5.32 Å². The van der Waals surface area contributed by atoms with Crippen LogP contribution in [0.3, 0.4) is 0 Å². The van der Waals surface area contributed by atoms with Crippen LogP contribution in [0.5, 0.6) is 0 Å². The Morgan fingerprint density at radius 3 is 2.67 bits per heavy atom. The lowest BCUT2D eigenvalue weighted by atomic mass is 10.0. The number of alkyl halides is 2. The highest BCUT2D eigenvalue weighted by atomic mass is 19.3. The van der Waals surface area contributed by atoms with E-state index in [9.17, 15) is 8.78 Å². The van der Waals surface area contributed by atoms with Crippen molar-refractivity contribution in [3.8, 4) is 0 Å². The molecule has 1 fully saturated rings. The molecule has 90 valence electrons. The van der Waals surface area contributed by atoms with Gasteiger partial charge in [-0.1, -0.05) is 0 Å². The first-order chi connectivity index (χ1) is 7.01. The number of nitrogens with one attached hydrogen (secondary N) is 1. The second kappa shape index (κ2) is 5.75. The highest BCUT2D eigenvalue weighted by Gasteiger charge is 2.26. The molecule has 15 heavy (non-hydrogen) atoms. The lowest BCUT2D eigenvalue weighted by Gasteiger charge is -2.23. The first-order valence-corrected chi connectivity index (χ1v) is 5.76. The summed E-state index contributed by atoms with van der Waals surface area (Å²) in [7, 11) is 1.95.